The summed E-state index contributed by atoms with van der Waals surface area (Å²) in [5.41, 5.74) is 1.94. The van der Waals surface area contributed by atoms with E-state index in [9.17, 15) is 14.7 Å². The average molecular weight is 322 g/mol. The molecule has 1 aromatic carbocycles. The van der Waals surface area contributed by atoms with E-state index in [0.29, 0.717) is 17.6 Å². The first-order chi connectivity index (χ1) is 11.3. The van der Waals surface area contributed by atoms with Gasteiger partial charge >= 0.3 is 0 Å². The van der Waals surface area contributed by atoms with Crippen molar-refractivity contribution in [3.8, 4) is 5.75 Å². The van der Waals surface area contributed by atoms with Crippen LogP contribution in [0, 0.1) is 18.3 Å². The molecular formula is C21H22O3. The highest BCUT2D eigenvalue weighted by Gasteiger charge is 2.55. The third-order valence-corrected chi connectivity index (χ3v) is 5.65. The quantitative estimate of drug-likeness (QED) is 0.894. The molecule has 3 rings (SSSR count). The van der Waals surface area contributed by atoms with Crippen LogP contribution in [0.2, 0.25) is 0 Å². The SMILES string of the molecule is C=CC1=CC[C@H]2C(=O)C(C)=CC(=O)[C@@]2(C)[C@H]1c1cccc(C)c1O. The molecule has 0 fully saturated rings. The van der Waals surface area contributed by atoms with Gasteiger partial charge in [-0.05, 0) is 43.1 Å². The fraction of sp³-hybridized carbons (Fsp3) is 0.333. The zero-order valence-corrected chi connectivity index (χ0v) is 14.3. The van der Waals surface area contributed by atoms with Gasteiger partial charge < -0.3 is 5.11 Å². The number of para-hydroxylation sites is 1. The van der Waals surface area contributed by atoms with E-state index < -0.39 is 11.3 Å². The van der Waals surface area contributed by atoms with Crippen molar-refractivity contribution >= 4 is 11.6 Å². The van der Waals surface area contributed by atoms with Gasteiger partial charge in [-0.2, -0.15) is 0 Å². The van der Waals surface area contributed by atoms with Gasteiger partial charge in [0, 0.05) is 17.4 Å². The molecule has 3 heteroatoms. The number of aryl methyl sites for hydroxylation is 1. The van der Waals surface area contributed by atoms with Crippen molar-refractivity contribution in [2.75, 3.05) is 0 Å². The third kappa shape index (κ3) is 2.11. The Morgan fingerprint density at radius 3 is 2.67 bits per heavy atom. The zero-order valence-electron chi connectivity index (χ0n) is 14.3. The van der Waals surface area contributed by atoms with Crippen LogP contribution in [0.5, 0.6) is 5.75 Å². The second kappa shape index (κ2) is 5.59. The number of benzene rings is 1. The maximum absolute atomic E-state index is 13.0. The van der Waals surface area contributed by atoms with Gasteiger partial charge in [0.15, 0.2) is 11.6 Å². The maximum atomic E-state index is 13.0. The minimum absolute atomic E-state index is 0.0219. The monoisotopic (exact) mass is 322 g/mol. The number of aromatic hydroxyl groups is 1. The van der Waals surface area contributed by atoms with Crippen LogP contribution < -0.4 is 0 Å². The Labute approximate surface area is 142 Å². The molecule has 0 aromatic heterocycles. The molecule has 2 aliphatic carbocycles. The Balaban J connectivity index is 2.28. The summed E-state index contributed by atoms with van der Waals surface area (Å²) in [5.74, 6) is -0.627. The number of phenolic OH excluding ortho intramolecular Hbond substituents is 1. The van der Waals surface area contributed by atoms with E-state index in [1.807, 2.05) is 38.1 Å². The number of carbonyl (C=O) groups is 2. The van der Waals surface area contributed by atoms with Crippen LogP contribution in [0.25, 0.3) is 0 Å². The van der Waals surface area contributed by atoms with Crippen molar-refractivity contribution in [3.05, 3.63) is 65.3 Å². The Morgan fingerprint density at radius 2 is 2.00 bits per heavy atom. The molecule has 0 amide bonds. The van der Waals surface area contributed by atoms with E-state index in [4.69, 9.17) is 0 Å². The van der Waals surface area contributed by atoms with Crippen LogP contribution in [-0.4, -0.2) is 16.7 Å². The number of fused-ring (bicyclic) bond motifs is 1. The molecule has 0 aliphatic heterocycles. The maximum Gasteiger partial charge on any atom is 0.163 e. The van der Waals surface area contributed by atoms with Crippen LogP contribution in [0.4, 0.5) is 0 Å². The number of hydrogen-bond donors (Lipinski definition) is 1. The lowest BCUT2D eigenvalue weighted by atomic mass is 9.53. The summed E-state index contributed by atoms with van der Waals surface area (Å²) >= 11 is 0. The number of ketones is 2. The van der Waals surface area contributed by atoms with E-state index >= 15 is 0 Å². The summed E-state index contributed by atoms with van der Waals surface area (Å²) in [6, 6.07) is 5.53. The predicted molar refractivity (Wildman–Crippen MR) is 93.8 cm³/mol. The van der Waals surface area contributed by atoms with Crippen LogP contribution in [-0.2, 0) is 9.59 Å². The first kappa shape index (κ1) is 16.4. The molecule has 0 unspecified atom stereocenters. The van der Waals surface area contributed by atoms with Crippen LogP contribution in [0.3, 0.4) is 0 Å². The summed E-state index contributed by atoms with van der Waals surface area (Å²) in [5, 5.41) is 10.6. The first-order valence-corrected chi connectivity index (χ1v) is 8.20. The largest absolute Gasteiger partial charge is 0.507 e. The van der Waals surface area contributed by atoms with Crippen molar-refractivity contribution in [1.82, 2.24) is 0 Å². The molecule has 124 valence electrons. The summed E-state index contributed by atoms with van der Waals surface area (Å²) < 4.78 is 0. The van der Waals surface area contributed by atoms with Crippen molar-refractivity contribution in [1.29, 1.82) is 0 Å². The molecule has 24 heavy (non-hydrogen) atoms. The Bertz CT molecular complexity index is 812. The number of carbonyl (C=O) groups excluding carboxylic acids is 2. The molecule has 3 atom stereocenters. The van der Waals surface area contributed by atoms with Gasteiger partial charge in [-0.3, -0.25) is 9.59 Å². The highest BCUT2D eigenvalue weighted by Crippen LogP contribution is 2.56. The Morgan fingerprint density at radius 1 is 1.29 bits per heavy atom. The van der Waals surface area contributed by atoms with E-state index in [0.717, 1.165) is 11.1 Å². The molecule has 3 nitrogen and oxygen atoms in total. The number of phenols is 1. The molecule has 0 heterocycles. The van der Waals surface area contributed by atoms with Gasteiger partial charge in [0.2, 0.25) is 0 Å². The van der Waals surface area contributed by atoms with Crippen LogP contribution >= 0.6 is 0 Å². The Hall–Kier alpha value is -2.42. The van der Waals surface area contributed by atoms with E-state index in [-0.39, 0.29) is 23.2 Å². The first-order valence-electron chi connectivity index (χ1n) is 8.20. The molecule has 1 N–H and O–H groups in total. The van der Waals surface area contributed by atoms with Crippen molar-refractivity contribution in [2.45, 2.75) is 33.1 Å². The number of allylic oxidation sites excluding steroid dienone is 5. The molecule has 0 bridgehead atoms. The summed E-state index contributed by atoms with van der Waals surface area (Å²) in [4.78, 5) is 25.7. The lowest BCUT2D eigenvalue weighted by molar-refractivity contribution is -0.137. The number of rotatable bonds is 2. The van der Waals surface area contributed by atoms with E-state index in [2.05, 4.69) is 6.58 Å². The Kier molecular flexibility index (Phi) is 3.83. The molecular weight excluding hydrogens is 300 g/mol. The molecule has 2 aliphatic rings. The summed E-state index contributed by atoms with van der Waals surface area (Å²) in [7, 11) is 0. The van der Waals surface area contributed by atoms with Gasteiger partial charge in [-0.25, -0.2) is 0 Å². The fourth-order valence-electron chi connectivity index (χ4n) is 4.17. The van der Waals surface area contributed by atoms with Crippen molar-refractivity contribution in [2.24, 2.45) is 11.3 Å². The van der Waals surface area contributed by atoms with Gasteiger partial charge in [-0.15, -0.1) is 0 Å². The highest BCUT2D eigenvalue weighted by atomic mass is 16.3. The van der Waals surface area contributed by atoms with Gasteiger partial charge in [0.25, 0.3) is 0 Å². The lowest BCUT2D eigenvalue weighted by Gasteiger charge is -2.47. The second-order valence-electron chi connectivity index (χ2n) is 6.98. The van der Waals surface area contributed by atoms with E-state index in [1.165, 1.54) is 6.08 Å². The highest BCUT2D eigenvalue weighted by molar-refractivity contribution is 6.13. The minimum Gasteiger partial charge on any atom is -0.507 e. The smallest absolute Gasteiger partial charge is 0.163 e. The normalized spacial score (nSPS) is 29.6. The third-order valence-electron chi connectivity index (χ3n) is 5.65. The zero-order chi connectivity index (χ0) is 17.6. The molecule has 0 radical (unpaired) electrons. The number of hydrogen-bond acceptors (Lipinski definition) is 3. The average Bonchev–Trinajstić information content (AvgIpc) is 2.55. The lowest BCUT2D eigenvalue weighted by Crippen LogP contribution is -2.49. The molecule has 1 aromatic rings. The predicted octanol–water partition coefficient (Wildman–Crippen LogP) is 4.02. The molecule has 0 saturated carbocycles. The number of Topliss-reactive ketones (excluding diaryl/α,β-unsaturated/α-hetero) is 1. The fourth-order valence-corrected chi connectivity index (χ4v) is 4.17. The van der Waals surface area contributed by atoms with Gasteiger partial charge in [0.05, 0.1) is 5.41 Å². The van der Waals surface area contributed by atoms with Crippen LogP contribution in [0.1, 0.15) is 37.3 Å². The van der Waals surface area contributed by atoms with Gasteiger partial charge in [0.1, 0.15) is 5.75 Å². The summed E-state index contributed by atoms with van der Waals surface area (Å²) in [6.07, 6.45) is 5.70. The minimum atomic E-state index is -0.903. The van der Waals surface area contributed by atoms with Gasteiger partial charge in [-0.1, -0.05) is 43.9 Å². The standard InChI is InChI=1S/C21H22O3/c1-5-14-9-10-16-20(24)13(3)11-17(22)21(16,4)18(14)15-8-6-7-12(2)19(15)23/h5-9,11,16,18,23H,1,10H2,2-4H3/t16-,18+,21-/m0/s1. The molecule has 0 spiro atoms. The summed E-state index contributed by atoms with van der Waals surface area (Å²) in [6.45, 7) is 9.26. The van der Waals surface area contributed by atoms with Crippen molar-refractivity contribution < 1.29 is 14.7 Å². The van der Waals surface area contributed by atoms with Crippen LogP contribution in [0.15, 0.2) is 54.2 Å². The van der Waals surface area contributed by atoms with Crippen molar-refractivity contribution in [3.63, 3.8) is 0 Å². The topological polar surface area (TPSA) is 54.4 Å². The second-order valence-corrected chi connectivity index (χ2v) is 6.98. The van der Waals surface area contributed by atoms with E-state index in [1.54, 1.807) is 13.0 Å². The molecule has 0 saturated heterocycles.